The predicted octanol–water partition coefficient (Wildman–Crippen LogP) is 2.70. The largest absolute Gasteiger partial charge is 0.397 e. The van der Waals surface area contributed by atoms with Crippen LogP contribution in [0.25, 0.3) is 0 Å². The van der Waals surface area contributed by atoms with Gasteiger partial charge in [-0.3, -0.25) is 0 Å². The molecule has 4 heteroatoms. The van der Waals surface area contributed by atoms with Crippen LogP contribution >= 0.6 is 0 Å². The summed E-state index contributed by atoms with van der Waals surface area (Å²) in [6.45, 7) is 3.30. The molecule has 1 saturated heterocycles. The van der Waals surface area contributed by atoms with Gasteiger partial charge in [0.15, 0.2) is 0 Å². The van der Waals surface area contributed by atoms with Gasteiger partial charge < -0.3 is 15.8 Å². The first kappa shape index (κ1) is 12.2. The normalized spacial score (nSPS) is 20.2. The molecule has 0 radical (unpaired) electrons. The Labute approximate surface area is 101 Å². The molecule has 0 saturated carbocycles. The lowest BCUT2D eigenvalue weighted by atomic mass is 10.1. The highest BCUT2D eigenvalue weighted by Gasteiger charge is 2.14. The molecule has 3 nitrogen and oxygen atoms in total. The molecule has 1 aliphatic rings. The lowest BCUT2D eigenvalue weighted by Gasteiger charge is -2.23. The highest BCUT2D eigenvalue weighted by atomic mass is 19.1. The number of nitrogen functional groups attached to an aromatic ring is 1. The molecule has 1 atom stereocenters. The Balaban J connectivity index is 1.96. The molecule has 1 unspecified atom stereocenters. The summed E-state index contributed by atoms with van der Waals surface area (Å²) in [7, 11) is 0. The molecule has 0 aliphatic carbocycles. The van der Waals surface area contributed by atoms with E-state index in [2.05, 4.69) is 5.32 Å². The number of anilines is 2. The zero-order valence-corrected chi connectivity index (χ0v) is 10.1. The van der Waals surface area contributed by atoms with Crippen molar-refractivity contribution in [2.75, 3.05) is 24.2 Å². The summed E-state index contributed by atoms with van der Waals surface area (Å²) in [5.41, 5.74) is 7.60. The lowest BCUT2D eigenvalue weighted by molar-refractivity contribution is 0.0248. The first-order valence-electron chi connectivity index (χ1n) is 6.08. The summed E-state index contributed by atoms with van der Waals surface area (Å²) < 4.78 is 18.8. The number of halogens is 1. The number of aryl methyl sites for hydroxylation is 1. The molecule has 2 rings (SSSR count). The number of nitrogens with one attached hydrogen (secondary N) is 1. The third-order valence-electron chi connectivity index (χ3n) is 3.12. The molecule has 0 amide bonds. The van der Waals surface area contributed by atoms with Crippen molar-refractivity contribution in [2.45, 2.75) is 32.3 Å². The Hall–Kier alpha value is -1.29. The average molecular weight is 238 g/mol. The van der Waals surface area contributed by atoms with Crippen LogP contribution in [0.1, 0.15) is 24.8 Å². The van der Waals surface area contributed by atoms with Gasteiger partial charge in [0.25, 0.3) is 0 Å². The van der Waals surface area contributed by atoms with E-state index < -0.39 is 0 Å². The SMILES string of the molecule is Cc1cc(NCC2CCCCO2)c(N)cc1F. The summed E-state index contributed by atoms with van der Waals surface area (Å²) in [5, 5.41) is 3.23. The number of nitrogens with two attached hydrogens (primary N) is 1. The van der Waals surface area contributed by atoms with Crippen LogP contribution in [0.4, 0.5) is 15.8 Å². The first-order chi connectivity index (χ1) is 8.16. The van der Waals surface area contributed by atoms with Crippen molar-refractivity contribution in [1.82, 2.24) is 0 Å². The van der Waals surface area contributed by atoms with E-state index in [-0.39, 0.29) is 11.9 Å². The van der Waals surface area contributed by atoms with Gasteiger partial charge in [0.1, 0.15) is 5.82 Å². The Morgan fingerprint density at radius 2 is 2.29 bits per heavy atom. The van der Waals surface area contributed by atoms with Crippen molar-refractivity contribution in [3.8, 4) is 0 Å². The number of benzene rings is 1. The Morgan fingerprint density at radius 1 is 1.47 bits per heavy atom. The van der Waals surface area contributed by atoms with Crippen molar-refractivity contribution >= 4 is 11.4 Å². The lowest BCUT2D eigenvalue weighted by Crippen LogP contribution is -2.27. The summed E-state index contributed by atoms with van der Waals surface area (Å²) >= 11 is 0. The van der Waals surface area contributed by atoms with E-state index in [4.69, 9.17) is 10.5 Å². The summed E-state index contributed by atoms with van der Waals surface area (Å²) in [5.74, 6) is -0.262. The second-order valence-electron chi connectivity index (χ2n) is 4.56. The van der Waals surface area contributed by atoms with Crippen LogP contribution in [0.3, 0.4) is 0 Å². The molecule has 1 aromatic carbocycles. The van der Waals surface area contributed by atoms with E-state index in [0.29, 0.717) is 11.3 Å². The second kappa shape index (κ2) is 5.36. The van der Waals surface area contributed by atoms with Gasteiger partial charge in [-0.05, 0) is 43.9 Å². The average Bonchev–Trinajstić information content (AvgIpc) is 2.33. The standard InChI is InChI=1S/C13H19FN2O/c1-9-6-13(12(15)7-11(9)14)16-8-10-4-2-3-5-17-10/h6-7,10,16H,2-5,8,15H2,1H3. The van der Waals surface area contributed by atoms with Crippen LogP contribution in [0.5, 0.6) is 0 Å². The van der Waals surface area contributed by atoms with E-state index >= 15 is 0 Å². The fourth-order valence-electron chi connectivity index (χ4n) is 2.04. The molecule has 3 N–H and O–H groups in total. The fourth-order valence-corrected chi connectivity index (χ4v) is 2.04. The Kier molecular flexibility index (Phi) is 3.84. The van der Waals surface area contributed by atoms with Crippen molar-refractivity contribution in [3.63, 3.8) is 0 Å². The smallest absolute Gasteiger partial charge is 0.128 e. The van der Waals surface area contributed by atoms with Crippen LogP contribution in [0, 0.1) is 12.7 Å². The summed E-state index contributed by atoms with van der Waals surface area (Å²) in [6, 6.07) is 3.10. The van der Waals surface area contributed by atoms with Gasteiger partial charge in [0.2, 0.25) is 0 Å². The monoisotopic (exact) mass is 238 g/mol. The molecule has 1 aromatic rings. The van der Waals surface area contributed by atoms with Gasteiger partial charge in [-0.15, -0.1) is 0 Å². The van der Waals surface area contributed by atoms with Gasteiger partial charge in [0.05, 0.1) is 17.5 Å². The van der Waals surface area contributed by atoms with Gasteiger partial charge >= 0.3 is 0 Å². The summed E-state index contributed by atoms with van der Waals surface area (Å²) in [6.07, 6.45) is 3.68. The van der Waals surface area contributed by atoms with Crippen molar-refractivity contribution in [1.29, 1.82) is 0 Å². The van der Waals surface area contributed by atoms with Gasteiger partial charge in [-0.25, -0.2) is 4.39 Å². The molecule has 17 heavy (non-hydrogen) atoms. The van der Waals surface area contributed by atoms with Gasteiger partial charge in [0, 0.05) is 13.2 Å². The van der Waals surface area contributed by atoms with Crippen LogP contribution < -0.4 is 11.1 Å². The molecular formula is C13H19FN2O. The molecular weight excluding hydrogens is 219 g/mol. The van der Waals surface area contributed by atoms with E-state index in [1.807, 2.05) is 0 Å². The number of hydrogen-bond acceptors (Lipinski definition) is 3. The maximum atomic E-state index is 13.2. The molecule has 1 aliphatic heterocycles. The highest BCUT2D eigenvalue weighted by molar-refractivity contribution is 5.67. The van der Waals surface area contributed by atoms with Gasteiger partial charge in [-0.1, -0.05) is 0 Å². The van der Waals surface area contributed by atoms with Crippen molar-refractivity contribution in [3.05, 3.63) is 23.5 Å². The molecule has 1 heterocycles. The van der Waals surface area contributed by atoms with Gasteiger partial charge in [-0.2, -0.15) is 0 Å². The first-order valence-corrected chi connectivity index (χ1v) is 6.08. The number of ether oxygens (including phenoxy) is 1. The fraction of sp³-hybridized carbons (Fsp3) is 0.538. The van der Waals surface area contributed by atoms with E-state index in [1.54, 1.807) is 13.0 Å². The minimum absolute atomic E-state index is 0.244. The van der Waals surface area contributed by atoms with E-state index in [0.717, 1.165) is 31.7 Å². The van der Waals surface area contributed by atoms with E-state index in [1.165, 1.54) is 12.5 Å². The third kappa shape index (κ3) is 3.09. The molecule has 1 fully saturated rings. The van der Waals surface area contributed by atoms with E-state index in [9.17, 15) is 4.39 Å². The van der Waals surface area contributed by atoms with Crippen LogP contribution in [0.15, 0.2) is 12.1 Å². The molecule has 0 aromatic heterocycles. The highest BCUT2D eigenvalue weighted by Crippen LogP contribution is 2.23. The van der Waals surface area contributed by atoms with Crippen molar-refractivity contribution < 1.29 is 9.13 Å². The maximum Gasteiger partial charge on any atom is 0.128 e. The molecule has 94 valence electrons. The second-order valence-corrected chi connectivity index (χ2v) is 4.56. The minimum atomic E-state index is -0.262. The number of hydrogen-bond donors (Lipinski definition) is 2. The number of rotatable bonds is 3. The molecule has 0 bridgehead atoms. The zero-order valence-electron chi connectivity index (χ0n) is 10.1. The zero-order chi connectivity index (χ0) is 12.3. The molecule has 0 spiro atoms. The third-order valence-corrected chi connectivity index (χ3v) is 3.12. The van der Waals surface area contributed by atoms with Crippen LogP contribution in [0.2, 0.25) is 0 Å². The Bertz CT molecular complexity index is 389. The quantitative estimate of drug-likeness (QED) is 0.796. The predicted molar refractivity (Wildman–Crippen MR) is 67.6 cm³/mol. The van der Waals surface area contributed by atoms with Crippen LogP contribution in [-0.4, -0.2) is 19.3 Å². The topological polar surface area (TPSA) is 47.3 Å². The minimum Gasteiger partial charge on any atom is -0.397 e. The van der Waals surface area contributed by atoms with Crippen LogP contribution in [-0.2, 0) is 4.74 Å². The summed E-state index contributed by atoms with van der Waals surface area (Å²) in [4.78, 5) is 0. The maximum absolute atomic E-state index is 13.2. The van der Waals surface area contributed by atoms with Crippen molar-refractivity contribution in [2.24, 2.45) is 0 Å². The Morgan fingerprint density at radius 3 is 3.00 bits per heavy atom.